The largest absolute Gasteiger partial charge is 0.464 e. The maximum Gasteiger partial charge on any atom is 0.211 e. The van der Waals surface area contributed by atoms with E-state index in [0.29, 0.717) is 6.04 Å². The van der Waals surface area contributed by atoms with Gasteiger partial charge in [-0.2, -0.15) is 0 Å². The Labute approximate surface area is 191 Å². The van der Waals surface area contributed by atoms with Gasteiger partial charge in [-0.1, -0.05) is 91.8 Å². The number of hydrogen-bond acceptors (Lipinski definition) is 2. The molecule has 0 bridgehead atoms. The summed E-state index contributed by atoms with van der Waals surface area (Å²) in [6.45, 7) is 2.17. The van der Waals surface area contributed by atoms with Crippen molar-refractivity contribution in [2.45, 2.75) is 50.8 Å². The molecule has 0 spiro atoms. The summed E-state index contributed by atoms with van der Waals surface area (Å²) in [5.74, 6) is 7.78. The van der Waals surface area contributed by atoms with Crippen molar-refractivity contribution in [3.8, 4) is 17.6 Å². The van der Waals surface area contributed by atoms with E-state index in [-0.39, 0.29) is 0 Å². The molecule has 2 heteroatoms. The number of rotatable bonds is 3. The summed E-state index contributed by atoms with van der Waals surface area (Å²) in [7, 11) is 0. The van der Waals surface area contributed by atoms with Crippen molar-refractivity contribution in [2.24, 2.45) is 0 Å². The molecule has 1 fully saturated rings. The number of allylic oxidation sites excluding steroid dienone is 1. The van der Waals surface area contributed by atoms with Crippen molar-refractivity contribution in [3.05, 3.63) is 107 Å². The molecule has 1 aliphatic heterocycles. The van der Waals surface area contributed by atoms with Crippen LogP contribution < -0.4 is 10.1 Å². The molecule has 1 aliphatic carbocycles. The van der Waals surface area contributed by atoms with Crippen molar-refractivity contribution in [1.29, 1.82) is 0 Å². The standard InChI is InChI=1S/C30H29NO/c1-23-27(22-21-24-13-5-2-6-14-24)28-19-11-12-20-29(28)32-30(23,25-15-7-3-8-16-25)31-26-17-9-4-10-18-26/h2-3,5-8,11-16,19-20,26,31H,4,9-10,17-18H2,1H3/t30-/m1/s1. The minimum Gasteiger partial charge on any atom is -0.464 e. The molecule has 0 amide bonds. The highest BCUT2D eigenvalue weighted by molar-refractivity contribution is 5.87. The van der Waals surface area contributed by atoms with Gasteiger partial charge in [-0.25, -0.2) is 0 Å². The van der Waals surface area contributed by atoms with Crippen LogP contribution in [-0.4, -0.2) is 6.04 Å². The Morgan fingerprint density at radius 1 is 0.781 bits per heavy atom. The van der Waals surface area contributed by atoms with E-state index in [1.807, 2.05) is 24.3 Å². The molecule has 1 atom stereocenters. The van der Waals surface area contributed by atoms with Gasteiger partial charge >= 0.3 is 0 Å². The highest BCUT2D eigenvalue weighted by atomic mass is 16.5. The summed E-state index contributed by atoms with van der Waals surface area (Å²) in [5, 5.41) is 3.96. The Morgan fingerprint density at radius 3 is 2.19 bits per heavy atom. The smallest absolute Gasteiger partial charge is 0.211 e. The van der Waals surface area contributed by atoms with Crippen LogP contribution in [0.5, 0.6) is 5.75 Å². The third-order valence-corrected chi connectivity index (χ3v) is 6.62. The fraction of sp³-hybridized carbons (Fsp3) is 0.267. The van der Waals surface area contributed by atoms with E-state index in [9.17, 15) is 0 Å². The molecule has 5 rings (SSSR count). The normalized spacial score (nSPS) is 20.7. The Hall–Kier alpha value is -3.28. The number of fused-ring (bicyclic) bond motifs is 1. The Kier molecular flexibility index (Phi) is 5.84. The minimum absolute atomic E-state index is 0.424. The Balaban J connectivity index is 1.68. The predicted octanol–water partition coefficient (Wildman–Crippen LogP) is 6.68. The maximum absolute atomic E-state index is 6.87. The summed E-state index contributed by atoms with van der Waals surface area (Å²) in [4.78, 5) is 0. The number of ether oxygens (including phenoxy) is 1. The molecule has 1 saturated carbocycles. The van der Waals surface area contributed by atoms with Crippen molar-refractivity contribution in [1.82, 2.24) is 5.32 Å². The van der Waals surface area contributed by atoms with Gasteiger partial charge in [-0.05, 0) is 44.0 Å². The summed E-state index contributed by atoms with van der Waals surface area (Å²) >= 11 is 0. The first-order chi connectivity index (χ1) is 15.8. The molecule has 32 heavy (non-hydrogen) atoms. The molecule has 3 aromatic carbocycles. The van der Waals surface area contributed by atoms with Crippen LogP contribution in [-0.2, 0) is 5.72 Å². The van der Waals surface area contributed by atoms with E-state index in [1.54, 1.807) is 0 Å². The third kappa shape index (κ3) is 3.97. The van der Waals surface area contributed by atoms with Crippen LogP contribution in [0.4, 0.5) is 0 Å². The highest BCUT2D eigenvalue weighted by Gasteiger charge is 2.43. The lowest BCUT2D eigenvalue weighted by molar-refractivity contribution is 0.0442. The second-order valence-electron chi connectivity index (χ2n) is 8.74. The van der Waals surface area contributed by atoms with Crippen LogP contribution in [0, 0.1) is 11.8 Å². The average molecular weight is 420 g/mol. The SMILES string of the molecule is CC1=C(C#Cc2ccccc2)c2ccccc2O[C@@]1(NC1CCCCC1)c1ccccc1. The van der Waals surface area contributed by atoms with E-state index in [0.717, 1.165) is 33.6 Å². The summed E-state index contributed by atoms with van der Waals surface area (Å²) < 4.78 is 6.87. The van der Waals surface area contributed by atoms with Gasteiger partial charge in [-0.3, -0.25) is 5.32 Å². The first kappa shape index (κ1) is 20.6. The van der Waals surface area contributed by atoms with Gasteiger partial charge in [0, 0.05) is 33.9 Å². The van der Waals surface area contributed by atoms with Crippen LogP contribution in [0.1, 0.15) is 55.7 Å². The number of hydrogen-bond donors (Lipinski definition) is 1. The Morgan fingerprint density at radius 2 is 1.44 bits per heavy atom. The van der Waals surface area contributed by atoms with Crippen molar-refractivity contribution in [2.75, 3.05) is 0 Å². The molecule has 2 aliphatic rings. The molecule has 160 valence electrons. The minimum atomic E-state index is -0.724. The lowest BCUT2D eigenvalue weighted by Crippen LogP contribution is -2.54. The van der Waals surface area contributed by atoms with Crippen LogP contribution in [0.25, 0.3) is 5.57 Å². The van der Waals surface area contributed by atoms with E-state index < -0.39 is 5.72 Å². The molecule has 1 N–H and O–H groups in total. The summed E-state index contributed by atoms with van der Waals surface area (Å²) in [5.41, 5.74) is 4.64. The maximum atomic E-state index is 6.87. The van der Waals surface area contributed by atoms with Crippen molar-refractivity contribution in [3.63, 3.8) is 0 Å². The zero-order valence-corrected chi connectivity index (χ0v) is 18.6. The third-order valence-electron chi connectivity index (χ3n) is 6.62. The van der Waals surface area contributed by atoms with Gasteiger partial charge in [-0.15, -0.1) is 0 Å². The van der Waals surface area contributed by atoms with E-state index >= 15 is 0 Å². The zero-order chi connectivity index (χ0) is 21.8. The van der Waals surface area contributed by atoms with Crippen molar-refractivity contribution < 1.29 is 4.74 Å². The van der Waals surface area contributed by atoms with Gasteiger partial charge < -0.3 is 4.74 Å². The molecule has 1 heterocycles. The monoisotopic (exact) mass is 419 g/mol. The van der Waals surface area contributed by atoms with Gasteiger partial charge in [0.25, 0.3) is 0 Å². The van der Waals surface area contributed by atoms with Gasteiger partial charge in [0.05, 0.1) is 0 Å². The van der Waals surface area contributed by atoms with Crippen LogP contribution in [0.2, 0.25) is 0 Å². The molecule has 0 unspecified atom stereocenters. The predicted molar refractivity (Wildman–Crippen MR) is 131 cm³/mol. The van der Waals surface area contributed by atoms with E-state index in [2.05, 4.69) is 84.7 Å². The fourth-order valence-corrected chi connectivity index (χ4v) is 4.90. The van der Waals surface area contributed by atoms with Gasteiger partial charge in [0.2, 0.25) is 5.72 Å². The second kappa shape index (κ2) is 9.07. The Bertz CT molecular complexity index is 1160. The lowest BCUT2D eigenvalue weighted by Gasteiger charge is -2.44. The molecular weight excluding hydrogens is 390 g/mol. The molecule has 0 radical (unpaired) electrons. The summed E-state index contributed by atoms with van der Waals surface area (Å²) in [6, 6.07) is 29.5. The van der Waals surface area contributed by atoms with Gasteiger partial charge in [0.15, 0.2) is 0 Å². The molecule has 2 nitrogen and oxygen atoms in total. The first-order valence-electron chi connectivity index (χ1n) is 11.7. The molecule has 0 saturated heterocycles. The van der Waals surface area contributed by atoms with E-state index in [4.69, 9.17) is 4.74 Å². The summed E-state index contributed by atoms with van der Waals surface area (Å²) in [6.07, 6.45) is 6.21. The number of para-hydroxylation sites is 1. The number of nitrogens with one attached hydrogen (secondary N) is 1. The van der Waals surface area contributed by atoms with Crippen molar-refractivity contribution >= 4 is 5.57 Å². The van der Waals surface area contributed by atoms with Crippen LogP contribution in [0.15, 0.2) is 90.5 Å². The van der Waals surface area contributed by atoms with Crippen LogP contribution in [0.3, 0.4) is 0 Å². The van der Waals surface area contributed by atoms with Gasteiger partial charge in [0.1, 0.15) is 5.75 Å². The number of benzene rings is 3. The van der Waals surface area contributed by atoms with E-state index in [1.165, 1.54) is 32.1 Å². The fourth-order valence-electron chi connectivity index (χ4n) is 4.90. The zero-order valence-electron chi connectivity index (χ0n) is 18.6. The topological polar surface area (TPSA) is 21.3 Å². The first-order valence-corrected chi connectivity index (χ1v) is 11.7. The van der Waals surface area contributed by atoms with Crippen LogP contribution >= 0.6 is 0 Å². The average Bonchev–Trinajstić information content (AvgIpc) is 2.86. The molecular formula is C30H29NO. The quantitative estimate of drug-likeness (QED) is 0.478. The lowest BCUT2D eigenvalue weighted by atomic mass is 9.84. The molecule has 3 aromatic rings. The second-order valence-corrected chi connectivity index (χ2v) is 8.74. The highest BCUT2D eigenvalue weighted by Crippen LogP contribution is 2.45. The molecule has 0 aromatic heterocycles.